The lowest BCUT2D eigenvalue weighted by Crippen LogP contribution is -2.48. The highest BCUT2D eigenvalue weighted by Crippen LogP contribution is 2.11. The first kappa shape index (κ1) is 23.8. The lowest BCUT2D eigenvalue weighted by atomic mass is 10.2. The molecule has 8 N–H and O–H groups in total. The highest BCUT2D eigenvalue weighted by Gasteiger charge is 2.22. The van der Waals surface area contributed by atoms with Crippen molar-refractivity contribution < 1.29 is 18.8 Å². The van der Waals surface area contributed by atoms with E-state index in [9.17, 15) is 19.2 Å². The van der Waals surface area contributed by atoms with Crippen LogP contribution in [0.25, 0.3) is 11.1 Å². The minimum atomic E-state index is -1.10. The maximum absolute atomic E-state index is 12.1. The molecule has 3 amide bonds. The number of carbonyl (C=O) groups excluding carboxylic acids is 3. The van der Waals surface area contributed by atoms with Crippen LogP contribution < -0.4 is 33.6 Å². The van der Waals surface area contributed by atoms with E-state index in [2.05, 4.69) is 22.1 Å². The average molecular weight is 382 g/mol. The van der Waals surface area contributed by atoms with Gasteiger partial charge in [-0.3, -0.25) is 19.0 Å². The van der Waals surface area contributed by atoms with Gasteiger partial charge in [0.2, 0.25) is 17.7 Å². The Kier molecular flexibility index (Phi) is 10.8. The Morgan fingerprint density at radius 2 is 1.74 bits per heavy atom. The van der Waals surface area contributed by atoms with Gasteiger partial charge in [0.25, 0.3) is 0 Å². The molecule has 0 saturated heterocycles. The summed E-state index contributed by atoms with van der Waals surface area (Å²) in [6.45, 7) is -0.345. The van der Waals surface area contributed by atoms with E-state index < -0.39 is 29.5 Å². The first-order chi connectivity index (χ1) is 12.9. The van der Waals surface area contributed by atoms with Crippen LogP contribution in [0, 0.1) is 0 Å². The van der Waals surface area contributed by atoms with Crippen molar-refractivity contribution in [3.63, 3.8) is 0 Å². The average Bonchev–Trinajstić information content (AvgIpc) is 2.99. The number of nitrogens with two attached hydrogens (primary N) is 3. The van der Waals surface area contributed by atoms with E-state index >= 15 is 0 Å². The van der Waals surface area contributed by atoms with Crippen molar-refractivity contribution in [2.75, 3.05) is 21.1 Å². The Morgan fingerprint density at radius 3 is 2.30 bits per heavy atom. The first-order valence-corrected chi connectivity index (χ1v) is 7.95. The molecule has 0 bridgehead atoms. The van der Waals surface area contributed by atoms with Crippen LogP contribution in [0.1, 0.15) is 6.42 Å². The zero-order valence-corrected chi connectivity index (χ0v) is 15.5. The predicted molar refractivity (Wildman–Crippen MR) is 101 cm³/mol. The van der Waals surface area contributed by atoms with Crippen molar-refractivity contribution in [2.45, 2.75) is 19.0 Å². The molecular weight excluding hydrogens is 356 g/mol. The number of fused-ring (bicyclic) bond motifs is 1. The second-order valence-electron chi connectivity index (χ2n) is 4.83. The van der Waals surface area contributed by atoms with Crippen molar-refractivity contribution in [1.29, 1.82) is 0 Å². The van der Waals surface area contributed by atoms with E-state index in [0.29, 0.717) is 11.1 Å². The largest absolute Gasteiger partial charge is 0.420 e. The number of carbonyl (C=O) groups is 3. The van der Waals surface area contributed by atoms with Gasteiger partial charge in [0.15, 0.2) is 5.58 Å². The number of likely N-dealkylation sites (N-methyl/N-ethyl adjacent to an activating group) is 1. The Balaban J connectivity index is 0.00000158. The summed E-state index contributed by atoms with van der Waals surface area (Å²) in [6, 6.07) is 5.54. The van der Waals surface area contributed by atoms with Crippen molar-refractivity contribution in [3.8, 4) is 0 Å². The van der Waals surface area contributed by atoms with Crippen LogP contribution in [0.5, 0.6) is 0 Å². The summed E-state index contributed by atoms with van der Waals surface area (Å²) >= 11 is 0. The molecule has 0 spiro atoms. The van der Waals surface area contributed by atoms with Crippen molar-refractivity contribution in [1.82, 2.24) is 15.2 Å². The minimum Gasteiger partial charge on any atom is -0.408 e. The van der Waals surface area contributed by atoms with Crippen LogP contribution in [0.2, 0.25) is 0 Å². The standard InChI is InChI=1S/C14H16N4O5.2CH5N/c1-16-13(21)8(6-11(15)19)17-12(20)7-18-9-4-2-3-5-10(9)23-14(18)22;2*1-2/h2-5,8H,6-7H2,1H3,(H2,15,19)(H,16,21)(H,17,20);2*2H2,1H3/t8-;;/m0../s1. The summed E-state index contributed by atoms with van der Waals surface area (Å²) in [6.07, 6.45) is -0.341. The summed E-state index contributed by atoms with van der Waals surface area (Å²) in [5, 5.41) is 4.70. The van der Waals surface area contributed by atoms with Gasteiger partial charge in [0.1, 0.15) is 12.6 Å². The molecule has 0 aliphatic carbocycles. The third-order valence-corrected chi connectivity index (χ3v) is 3.18. The number of aromatic nitrogens is 1. The van der Waals surface area contributed by atoms with Gasteiger partial charge in [-0.05, 0) is 26.2 Å². The Hall–Kier alpha value is -3.18. The van der Waals surface area contributed by atoms with Crippen molar-refractivity contribution in [2.24, 2.45) is 17.2 Å². The van der Waals surface area contributed by atoms with E-state index in [0.717, 1.165) is 4.57 Å². The number of rotatable bonds is 6. The van der Waals surface area contributed by atoms with Crippen LogP contribution in [0.4, 0.5) is 0 Å². The molecule has 11 nitrogen and oxygen atoms in total. The topological polar surface area (TPSA) is 188 Å². The number of benzene rings is 1. The number of amides is 3. The smallest absolute Gasteiger partial charge is 0.408 e. The summed E-state index contributed by atoms with van der Waals surface area (Å²) in [5.74, 6) is -2.59. The molecule has 2 rings (SSSR count). The molecule has 11 heteroatoms. The summed E-state index contributed by atoms with van der Waals surface area (Å²) in [5.41, 5.74) is 14.9. The minimum absolute atomic E-state index is 0.341. The molecule has 0 saturated carbocycles. The van der Waals surface area contributed by atoms with Crippen LogP contribution >= 0.6 is 0 Å². The molecule has 2 aromatic rings. The van der Waals surface area contributed by atoms with Gasteiger partial charge in [-0.25, -0.2) is 4.79 Å². The highest BCUT2D eigenvalue weighted by molar-refractivity contribution is 5.91. The maximum atomic E-state index is 12.1. The fourth-order valence-corrected chi connectivity index (χ4v) is 2.13. The van der Waals surface area contributed by atoms with E-state index in [1.165, 1.54) is 21.1 Å². The molecule has 0 aliphatic heterocycles. The van der Waals surface area contributed by atoms with Gasteiger partial charge >= 0.3 is 5.76 Å². The third kappa shape index (κ3) is 6.92. The van der Waals surface area contributed by atoms with E-state index in [4.69, 9.17) is 10.2 Å². The molecule has 0 unspecified atom stereocenters. The molecule has 1 aromatic heterocycles. The summed E-state index contributed by atoms with van der Waals surface area (Å²) in [4.78, 5) is 46.5. The molecule has 1 aromatic carbocycles. The van der Waals surface area contributed by atoms with E-state index in [1.807, 2.05) is 0 Å². The summed E-state index contributed by atoms with van der Waals surface area (Å²) in [7, 11) is 4.37. The molecule has 0 radical (unpaired) electrons. The molecular formula is C16H26N6O5. The quantitative estimate of drug-likeness (QED) is 0.376. The fraction of sp³-hybridized carbons (Fsp3) is 0.375. The van der Waals surface area contributed by atoms with Crippen LogP contribution in [-0.4, -0.2) is 49.5 Å². The Bertz CT molecular complexity index is 813. The van der Waals surface area contributed by atoms with Gasteiger partial charge < -0.3 is 32.3 Å². The SMILES string of the molecule is CN.CN.CNC(=O)[C@H](CC(N)=O)NC(=O)Cn1c(=O)oc2ccccc21. The van der Waals surface area contributed by atoms with Crippen LogP contribution in [-0.2, 0) is 20.9 Å². The second-order valence-corrected chi connectivity index (χ2v) is 4.83. The number of hydrogen-bond acceptors (Lipinski definition) is 7. The highest BCUT2D eigenvalue weighted by atomic mass is 16.4. The van der Waals surface area contributed by atoms with Crippen LogP contribution in [0.15, 0.2) is 33.5 Å². The Morgan fingerprint density at radius 1 is 1.15 bits per heavy atom. The molecule has 0 fully saturated rings. The van der Waals surface area contributed by atoms with E-state index in [1.54, 1.807) is 24.3 Å². The first-order valence-electron chi connectivity index (χ1n) is 7.95. The molecule has 1 heterocycles. The number of primary amides is 1. The fourth-order valence-electron chi connectivity index (χ4n) is 2.13. The molecule has 0 aliphatic rings. The zero-order valence-electron chi connectivity index (χ0n) is 15.5. The second kappa shape index (κ2) is 12.2. The van der Waals surface area contributed by atoms with Gasteiger partial charge in [0.05, 0.1) is 11.9 Å². The Labute approximate surface area is 155 Å². The van der Waals surface area contributed by atoms with E-state index in [-0.39, 0.29) is 13.0 Å². The maximum Gasteiger partial charge on any atom is 0.420 e. The van der Waals surface area contributed by atoms with Gasteiger partial charge in [-0.1, -0.05) is 12.1 Å². The van der Waals surface area contributed by atoms with Gasteiger partial charge in [0, 0.05) is 7.05 Å². The van der Waals surface area contributed by atoms with Crippen molar-refractivity contribution in [3.05, 3.63) is 34.8 Å². The lowest BCUT2D eigenvalue weighted by molar-refractivity contribution is -0.131. The monoisotopic (exact) mass is 382 g/mol. The van der Waals surface area contributed by atoms with Crippen LogP contribution in [0.3, 0.4) is 0 Å². The number of oxazole rings is 1. The van der Waals surface area contributed by atoms with Gasteiger partial charge in [-0.2, -0.15) is 0 Å². The number of hydrogen-bond donors (Lipinski definition) is 5. The lowest BCUT2D eigenvalue weighted by Gasteiger charge is -2.15. The normalized spacial score (nSPS) is 10.6. The molecule has 1 atom stereocenters. The number of nitrogens with one attached hydrogen (secondary N) is 2. The molecule has 150 valence electrons. The third-order valence-electron chi connectivity index (χ3n) is 3.18. The zero-order chi connectivity index (χ0) is 21.0. The predicted octanol–water partition coefficient (Wildman–Crippen LogP) is -2.15. The van der Waals surface area contributed by atoms with Gasteiger partial charge in [-0.15, -0.1) is 0 Å². The number of nitrogens with zero attached hydrogens (tertiary/aromatic N) is 1. The van der Waals surface area contributed by atoms with Crippen molar-refractivity contribution >= 4 is 28.8 Å². The number of para-hydroxylation sites is 2. The summed E-state index contributed by atoms with van der Waals surface area (Å²) < 4.78 is 6.15. The molecule has 27 heavy (non-hydrogen) atoms.